The SMILES string of the molecule is O=C(O)c1cccc(-c2nnc3cccc(Br)n23)c1. The fourth-order valence-corrected chi connectivity index (χ4v) is 2.38. The van der Waals surface area contributed by atoms with Crippen molar-refractivity contribution in [2.75, 3.05) is 0 Å². The van der Waals surface area contributed by atoms with Gasteiger partial charge in [0.1, 0.15) is 0 Å². The minimum Gasteiger partial charge on any atom is -0.478 e. The molecule has 0 saturated heterocycles. The highest BCUT2D eigenvalue weighted by Crippen LogP contribution is 2.23. The molecule has 0 fully saturated rings. The molecule has 1 aromatic carbocycles. The molecule has 0 radical (unpaired) electrons. The summed E-state index contributed by atoms with van der Waals surface area (Å²) in [7, 11) is 0. The Kier molecular flexibility index (Phi) is 2.79. The topological polar surface area (TPSA) is 67.5 Å². The molecule has 3 rings (SSSR count). The maximum atomic E-state index is 11.0. The van der Waals surface area contributed by atoms with Crippen molar-refractivity contribution in [3.05, 3.63) is 52.6 Å². The van der Waals surface area contributed by atoms with Crippen LogP contribution >= 0.6 is 15.9 Å². The first-order valence-electron chi connectivity index (χ1n) is 5.50. The van der Waals surface area contributed by atoms with Gasteiger partial charge in [-0.3, -0.25) is 4.40 Å². The Morgan fingerprint density at radius 1 is 1.16 bits per heavy atom. The zero-order valence-corrected chi connectivity index (χ0v) is 11.2. The molecule has 19 heavy (non-hydrogen) atoms. The third-order valence-corrected chi connectivity index (χ3v) is 3.37. The molecule has 0 aliphatic heterocycles. The number of benzene rings is 1. The molecule has 2 heterocycles. The van der Waals surface area contributed by atoms with Crippen molar-refractivity contribution in [3.63, 3.8) is 0 Å². The molecular formula is C13H8BrN3O2. The van der Waals surface area contributed by atoms with Crippen molar-refractivity contribution in [2.45, 2.75) is 0 Å². The van der Waals surface area contributed by atoms with Crippen molar-refractivity contribution in [1.29, 1.82) is 0 Å². The number of aromatic carboxylic acids is 1. The van der Waals surface area contributed by atoms with Crippen LogP contribution in [0.1, 0.15) is 10.4 Å². The van der Waals surface area contributed by atoms with Gasteiger partial charge in [-0.2, -0.15) is 0 Å². The number of aromatic nitrogens is 3. The first kappa shape index (κ1) is 11.9. The average Bonchev–Trinajstić information content (AvgIpc) is 2.84. The summed E-state index contributed by atoms with van der Waals surface area (Å²) >= 11 is 3.44. The number of carbonyl (C=O) groups is 1. The van der Waals surface area contributed by atoms with Gasteiger partial charge in [-0.05, 0) is 40.2 Å². The predicted octanol–water partition coefficient (Wildman–Crippen LogP) is 2.86. The van der Waals surface area contributed by atoms with Gasteiger partial charge in [0.2, 0.25) is 0 Å². The molecule has 0 atom stereocenters. The van der Waals surface area contributed by atoms with E-state index in [1.54, 1.807) is 18.2 Å². The molecule has 0 bridgehead atoms. The second-order valence-corrected chi connectivity index (χ2v) is 4.76. The van der Waals surface area contributed by atoms with E-state index < -0.39 is 5.97 Å². The van der Waals surface area contributed by atoms with Crippen molar-refractivity contribution in [2.24, 2.45) is 0 Å². The molecule has 5 nitrogen and oxygen atoms in total. The number of carboxylic acid groups (broad SMARTS) is 1. The second kappa shape index (κ2) is 4.47. The van der Waals surface area contributed by atoms with E-state index in [1.807, 2.05) is 28.7 Å². The van der Waals surface area contributed by atoms with E-state index in [-0.39, 0.29) is 5.56 Å². The van der Waals surface area contributed by atoms with Gasteiger partial charge in [0.05, 0.1) is 10.2 Å². The first-order valence-corrected chi connectivity index (χ1v) is 6.29. The fraction of sp³-hybridized carbons (Fsp3) is 0. The van der Waals surface area contributed by atoms with Gasteiger partial charge in [-0.15, -0.1) is 10.2 Å². The number of nitrogens with zero attached hydrogens (tertiary/aromatic N) is 3. The molecule has 3 aromatic rings. The normalized spacial score (nSPS) is 10.8. The van der Waals surface area contributed by atoms with Crippen LogP contribution in [0.15, 0.2) is 47.1 Å². The summed E-state index contributed by atoms with van der Waals surface area (Å²) in [6.45, 7) is 0. The number of fused-ring (bicyclic) bond motifs is 1. The number of hydrogen-bond acceptors (Lipinski definition) is 3. The van der Waals surface area contributed by atoms with Gasteiger partial charge >= 0.3 is 5.97 Å². The van der Waals surface area contributed by atoms with Crippen LogP contribution in [0.25, 0.3) is 17.0 Å². The van der Waals surface area contributed by atoms with E-state index in [0.717, 1.165) is 4.60 Å². The van der Waals surface area contributed by atoms with E-state index in [9.17, 15) is 4.79 Å². The van der Waals surface area contributed by atoms with Crippen molar-refractivity contribution < 1.29 is 9.90 Å². The van der Waals surface area contributed by atoms with E-state index >= 15 is 0 Å². The third-order valence-electron chi connectivity index (χ3n) is 2.75. The van der Waals surface area contributed by atoms with Crippen LogP contribution < -0.4 is 0 Å². The highest BCUT2D eigenvalue weighted by atomic mass is 79.9. The number of halogens is 1. The van der Waals surface area contributed by atoms with Crippen molar-refractivity contribution in [3.8, 4) is 11.4 Å². The summed E-state index contributed by atoms with van der Waals surface area (Å²) in [5, 5.41) is 17.2. The molecule has 0 spiro atoms. The lowest BCUT2D eigenvalue weighted by molar-refractivity contribution is 0.0697. The standard InChI is InChI=1S/C13H8BrN3O2/c14-10-5-2-6-11-15-16-12(17(10)11)8-3-1-4-9(7-8)13(18)19/h1-7H,(H,18,19). The molecule has 0 aliphatic rings. The smallest absolute Gasteiger partial charge is 0.335 e. The van der Waals surface area contributed by atoms with Crippen LogP contribution in [0.3, 0.4) is 0 Å². The summed E-state index contributed by atoms with van der Waals surface area (Å²) in [4.78, 5) is 11.0. The Bertz CT molecular complexity index is 782. The van der Waals surface area contributed by atoms with Gasteiger partial charge in [0.25, 0.3) is 0 Å². The second-order valence-electron chi connectivity index (χ2n) is 3.95. The monoisotopic (exact) mass is 317 g/mol. The Morgan fingerprint density at radius 3 is 2.74 bits per heavy atom. The van der Waals surface area contributed by atoms with Gasteiger partial charge in [0.15, 0.2) is 11.5 Å². The zero-order valence-electron chi connectivity index (χ0n) is 9.62. The van der Waals surface area contributed by atoms with Crippen molar-refractivity contribution >= 4 is 27.5 Å². The molecular weight excluding hydrogens is 310 g/mol. The molecule has 6 heteroatoms. The van der Waals surface area contributed by atoms with E-state index in [4.69, 9.17) is 5.11 Å². The minimum absolute atomic E-state index is 0.223. The lowest BCUT2D eigenvalue weighted by Gasteiger charge is -2.03. The maximum absolute atomic E-state index is 11.0. The maximum Gasteiger partial charge on any atom is 0.335 e. The highest BCUT2D eigenvalue weighted by molar-refractivity contribution is 9.10. The summed E-state index contributed by atoms with van der Waals surface area (Å²) in [6, 6.07) is 12.2. The summed E-state index contributed by atoms with van der Waals surface area (Å²) < 4.78 is 2.63. The molecule has 94 valence electrons. The first-order chi connectivity index (χ1) is 9.16. The Hall–Kier alpha value is -2.21. The largest absolute Gasteiger partial charge is 0.478 e. The van der Waals surface area contributed by atoms with Crippen LogP contribution in [-0.4, -0.2) is 25.7 Å². The van der Waals surface area contributed by atoms with Crippen LogP contribution in [0.2, 0.25) is 0 Å². The quantitative estimate of drug-likeness (QED) is 0.738. The Morgan fingerprint density at radius 2 is 1.95 bits per heavy atom. The molecule has 0 amide bonds. The molecule has 0 unspecified atom stereocenters. The number of hydrogen-bond donors (Lipinski definition) is 1. The number of pyridine rings is 1. The molecule has 0 saturated carbocycles. The van der Waals surface area contributed by atoms with Crippen LogP contribution in [-0.2, 0) is 0 Å². The Balaban J connectivity index is 2.25. The minimum atomic E-state index is -0.963. The van der Waals surface area contributed by atoms with E-state index in [2.05, 4.69) is 26.1 Å². The van der Waals surface area contributed by atoms with E-state index in [1.165, 1.54) is 0 Å². The van der Waals surface area contributed by atoms with Gasteiger partial charge < -0.3 is 5.11 Å². The van der Waals surface area contributed by atoms with Gasteiger partial charge in [-0.1, -0.05) is 18.2 Å². The third kappa shape index (κ3) is 2.00. The lowest BCUT2D eigenvalue weighted by Crippen LogP contribution is -1.97. The summed E-state index contributed by atoms with van der Waals surface area (Å²) in [5.41, 5.74) is 1.63. The Labute approximate surface area is 116 Å². The fourth-order valence-electron chi connectivity index (χ4n) is 1.88. The molecule has 0 aliphatic carbocycles. The lowest BCUT2D eigenvalue weighted by atomic mass is 10.1. The summed E-state index contributed by atoms with van der Waals surface area (Å²) in [5.74, 6) is -0.361. The van der Waals surface area contributed by atoms with Gasteiger partial charge in [0, 0.05) is 5.56 Å². The zero-order chi connectivity index (χ0) is 13.4. The van der Waals surface area contributed by atoms with Crippen molar-refractivity contribution in [1.82, 2.24) is 14.6 Å². The number of carboxylic acids is 1. The predicted molar refractivity (Wildman–Crippen MR) is 73.1 cm³/mol. The number of rotatable bonds is 2. The molecule has 2 aromatic heterocycles. The van der Waals surface area contributed by atoms with Crippen LogP contribution in [0.4, 0.5) is 0 Å². The van der Waals surface area contributed by atoms with Crippen LogP contribution in [0, 0.1) is 0 Å². The average molecular weight is 318 g/mol. The van der Waals surface area contributed by atoms with E-state index in [0.29, 0.717) is 17.0 Å². The van der Waals surface area contributed by atoms with Crippen LogP contribution in [0.5, 0.6) is 0 Å². The highest BCUT2D eigenvalue weighted by Gasteiger charge is 2.12. The molecule has 1 N–H and O–H groups in total. The summed E-state index contributed by atoms with van der Waals surface area (Å²) in [6.07, 6.45) is 0. The van der Waals surface area contributed by atoms with Gasteiger partial charge in [-0.25, -0.2) is 4.79 Å².